The summed E-state index contributed by atoms with van der Waals surface area (Å²) in [7, 11) is 0. The van der Waals surface area contributed by atoms with Gasteiger partial charge in [0.15, 0.2) is 0 Å². The molecule has 1 aromatic rings. The average molecular weight is 234 g/mol. The first-order valence-corrected chi connectivity index (χ1v) is 6.37. The van der Waals surface area contributed by atoms with Gasteiger partial charge < -0.3 is 5.73 Å². The highest BCUT2D eigenvalue weighted by molar-refractivity contribution is 5.13. The highest BCUT2D eigenvalue weighted by atomic mass is 15.3. The van der Waals surface area contributed by atoms with Gasteiger partial charge in [0.2, 0.25) is 0 Å². The van der Waals surface area contributed by atoms with Crippen molar-refractivity contribution in [2.75, 3.05) is 39.3 Å². The Morgan fingerprint density at radius 2 is 2.12 bits per heavy atom. The smallest absolute Gasteiger partial charge is 0.0336 e. The van der Waals surface area contributed by atoms with E-state index in [-0.39, 0.29) is 0 Å². The van der Waals surface area contributed by atoms with Crippen LogP contribution < -0.4 is 5.73 Å². The van der Waals surface area contributed by atoms with Gasteiger partial charge in [-0.05, 0) is 18.6 Å². The third kappa shape index (κ3) is 3.25. The van der Waals surface area contributed by atoms with Crippen molar-refractivity contribution in [2.24, 2.45) is 5.73 Å². The highest BCUT2D eigenvalue weighted by Crippen LogP contribution is 2.20. The predicted molar refractivity (Wildman–Crippen MR) is 69.7 cm³/mol. The van der Waals surface area contributed by atoms with Gasteiger partial charge in [0, 0.05) is 57.7 Å². The number of nitrogens with two attached hydrogens (primary N) is 1. The summed E-state index contributed by atoms with van der Waals surface area (Å²) in [5.74, 6) is 0. The summed E-state index contributed by atoms with van der Waals surface area (Å²) < 4.78 is 0. The van der Waals surface area contributed by atoms with E-state index in [1.165, 1.54) is 5.56 Å². The summed E-state index contributed by atoms with van der Waals surface area (Å²) in [5.41, 5.74) is 6.89. The second-order valence-corrected chi connectivity index (χ2v) is 4.63. The number of aromatic nitrogens is 1. The molecule has 0 radical (unpaired) electrons. The lowest BCUT2D eigenvalue weighted by Gasteiger charge is -2.38. The molecule has 1 aromatic heterocycles. The standard InChI is InChI=1S/C13H22N4/c1-12(13-3-2-5-15-11-13)17-9-7-16(6-4-14)8-10-17/h2-3,5,11-12H,4,6-10,14H2,1H3. The van der Waals surface area contributed by atoms with E-state index in [2.05, 4.69) is 27.8 Å². The molecule has 2 N–H and O–H groups in total. The molecule has 1 fully saturated rings. The fourth-order valence-corrected chi connectivity index (χ4v) is 2.39. The van der Waals surface area contributed by atoms with Crippen molar-refractivity contribution in [1.82, 2.24) is 14.8 Å². The molecule has 17 heavy (non-hydrogen) atoms. The first-order chi connectivity index (χ1) is 8.31. The molecule has 0 saturated carbocycles. The van der Waals surface area contributed by atoms with Crippen molar-refractivity contribution in [3.05, 3.63) is 30.1 Å². The second kappa shape index (κ2) is 6.10. The van der Waals surface area contributed by atoms with Crippen LogP contribution in [0.25, 0.3) is 0 Å². The van der Waals surface area contributed by atoms with Gasteiger partial charge >= 0.3 is 0 Å². The largest absolute Gasteiger partial charge is 0.329 e. The van der Waals surface area contributed by atoms with Crippen LogP contribution in [0.5, 0.6) is 0 Å². The minimum absolute atomic E-state index is 0.462. The van der Waals surface area contributed by atoms with Crippen LogP contribution >= 0.6 is 0 Å². The van der Waals surface area contributed by atoms with Crippen molar-refractivity contribution >= 4 is 0 Å². The number of rotatable bonds is 4. The zero-order valence-corrected chi connectivity index (χ0v) is 10.5. The maximum atomic E-state index is 5.58. The number of hydrogen-bond acceptors (Lipinski definition) is 4. The Morgan fingerprint density at radius 1 is 1.35 bits per heavy atom. The molecule has 1 aliphatic rings. The summed E-state index contributed by atoms with van der Waals surface area (Å²) in [5, 5.41) is 0. The molecule has 94 valence electrons. The Hall–Kier alpha value is -0.970. The monoisotopic (exact) mass is 234 g/mol. The lowest BCUT2D eigenvalue weighted by Crippen LogP contribution is -2.48. The van der Waals surface area contributed by atoms with Crippen LogP contribution in [-0.2, 0) is 0 Å². The Labute approximate surface area is 103 Å². The molecule has 1 unspecified atom stereocenters. The zero-order valence-electron chi connectivity index (χ0n) is 10.5. The molecule has 4 nitrogen and oxygen atoms in total. The summed E-state index contributed by atoms with van der Waals surface area (Å²) in [6, 6.07) is 4.63. The van der Waals surface area contributed by atoms with Crippen LogP contribution in [0.1, 0.15) is 18.5 Å². The van der Waals surface area contributed by atoms with E-state index >= 15 is 0 Å². The van der Waals surface area contributed by atoms with E-state index in [9.17, 15) is 0 Å². The SMILES string of the molecule is CC(c1cccnc1)N1CCN(CCN)CC1. The molecule has 2 heterocycles. The Kier molecular flexibility index (Phi) is 4.48. The van der Waals surface area contributed by atoms with Crippen molar-refractivity contribution in [1.29, 1.82) is 0 Å². The molecule has 0 spiro atoms. The van der Waals surface area contributed by atoms with Crippen molar-refractivity contribution in [2.45, 2.75) is 13.0 Å². The summed E-state index contributed by atoms with van der Waals surface area (Å²) >= 11 is 0. The zero-order chi connectivity index (χ0) is 12.1. The first kappa shape index (κ1) is 12.5. The molecule has 0 amide bonds. The molecule has 1 atom stereocenters. The third-order valence-corrected chi connectivity index (χ3v) is 3.57. The normalized spacial score (nSPS) is 20.4. The van der Waals surface area contributed by atoms with Crippen LogP contribution in [0.15, 0.2) is 24.5 Å². The van der Waals surface area contributed by atoms with Gasteiger partial charge in [0.25, 0.3) is 0 Å². The Balaban J connectivity index is 1.88. The number of hydrogen-bond donors (Lipinski definition) is 1. The average Bonchev–Trinajstić information content (AvgIpc) is 2.40. The number of nitrogens with zero attached hydrogens (tertiary/aromatic N) is 3. The molecule has 0 aromatic carbocycles. The molecule has 1 saturated heterocycles. The first-order valence-electron chi connectivity index (χ1n) is 6.37. The third-order valence-electron chi connectivity index (χ3n) is 3.57. The lowest BCUT2D eigenvalue weighted by molar-refractivity contribution is 0.104. The van der Waals surface area contributed by atoms with Gasteiger partial charge in [-0.2, -0.15) is 0 Å². The van der Waals surface area contributed by atoms with Gasteiger partial charge in [0.1, 0.15) is 0 Å². The summed E-state index contributed by atoms with van der Waals surface area (Å²) in [6.45, 7) is 8.54. The van der Waals surface area contributed by atoms with Crippen LogP contribution in [0, 0.1) is 0 Å². The summed E-state index contributed by atoms with van der Waals surface area (Å²) in [6.07, 6.45) is 3.80. The second-order valence-electron chi connectivity index (χ2n) is 4.63. The van der Waals surface area contributed by atoms with E-state index in [1.807, 2.05) is 18.5 Å². The van der Waals surface area contributed by atoms with Crippen LogP contribution in [-0.4, -0.2) is 54.1 Å². The highest BCUT2D eigenvalue weighted by Gasteiger charge is 2.21. The van der Waals surface area contributed by atoms with E-state index in [1.54, 1.807) is 0 Å². The summed E-state index contributed by atoms with van der Waals surface area (Å²) in [4.78, 5) is 9.15. The maximum absolute atomic E-state index is 5.58. The van der Waals surface area contributed by atoms with Crippen LogP contribution in [0.3, 0.4) is 0 Å². The molecule has 0 aliphatic carbocycles. The van der Waals surface area contributed by atoms with Gasteiger partial charge in [-0.25, -0.2) is 0 Å². The fraction of sp³-hybridized carbons (Fsp3) is 0.615. The van der Waals surface area contributed by atoms with Crippen molar-refractivity contribution in [3.63, 3.8) is 0 Å². The van der Waals surface area contributed by atoms with E-state index in [4.69, 9.17) is 5.73 Å². The van der Waals surface area contributed by atoms with Gasteiger partial charge in [-0.1, -0.05) is 6.07 Å². The lowest BCUT2D eigenvalue weighted by atomic mass is 10.1. The van der Waals surface area contributed by atoms with Crippen LogP contribution in [0.2, 0.25) is 0 Å². The van der Waals surface area contributed by atoms with Gasteiger partial charge in [-0.15, -0.1) is 0 Å². The number of piperazine rings is 1. The number of pyridine rings is 1. The van der Waals surface area contributed by atoms with Crippen molar-refractivity contribution < 1.29 is 0 Å². The molecule has 4 heteroatoms. The van der Waals surface area contributed by atoms with E-state index in [0.29, 0.717) is 6.04 Å². The Bertz CT molecular complexity index is 319. The van der Waals surface area contributed by atoms with Gasteiger partial charge in [0.05, 0.1) is 0 Å². The van der Waals surface area contributed by atoms with E-state index in [0.717, 1.165) is 39.3 Å². The molecule has 0 bridgehead atoms. The predicted octanol–water partition coefficient (Wildman–Crippen LogP) is 0.719. The molecular formula is C13H22N4. The Morgan fingerprint density at radius 3 is 2.71 bits per heavy atom. The minimum Gasteiger partial charge on any atom is -0.329 e. The van der Waals surface area contributed by atoms with Gasteiger partial charge in [-0.3, -0.25) is 14.8 Å². The maximum Gasteiger partial charge on any atom is 0.0336 e. The minimum atomic E-state index is 0.462. The quantitative estimate of drug-likeness (QED) is 0.834. The van der Waals surface area contributed by atoms with Crippen molar-refractivity contribution in [3.8, 4) is 0 Å². The molecule has 1 aliphatic heterocycles. The fourth-order valence-electron chi connectivity index (χ4n) is 2.39. The topological polar surface area (TPSA) is 45.4 Å². The molecular weight excluding hydrogens is 212 g/mol. The van der Waals surface area contributed by atoms with E-state index < -0.39 is 0 Å². The molecule has 2 rings (SSSR count). The van der Waals surface area contributed by atoms with Crippen LogP contribution in [0.4, 0.5) is 0 Å².